The number of amides is 1. The van der Waals surface area contributed by atoms with Gasteiger partial charge in [-0.05, 0) is 24.9 Å². The highest BCUT2D eigenvalue weighted by atomic mass is 32.2. The van der Waals surface area contributed by atoms with Crippen LogP contribution in [0, 0.1) is 0 Å². The lowest BCUT2D eigenvalue weighted by atomic mass is 10.2. The predicted molar refractivity (Wildman–Crippen MR) is 89.7 cm³/mol. The van der Waals surface area contributed by atoms with Gasteiger partial charge in [0.05, 0.1) is 0 Å². The highest BCUT2D eigenvalue weighted by Gasteiger charge is 2.19. The van der Waals surface area contributed by atoms with Gasteiger partial charge in [0, 0.05) is 17.9 Å². The van der Waals surface area contributed by atoms with Gasteiger partial charge in [-0.3, -0.25) is 4.79 Å². The van der Waals surface area contributed by atoms with Crippen LogP contribution in [-0.4, -0.2) is 35.3 Å². The second-order valence-corrected chi connectivity index (χ2v) is 6.09. The van der Waals surface area contributed by atoms with Gasteiger partial charge in [0.1, 0.15) is 6.04 Å². The van der Waals surface area contributed by atoms with Crippen LogP contribution in [0.25, 0.3) is 0 Å². The third-order valence-corrected chi connectivity index (χ3v) is 4.24. The highest BCUT2D eigenvalue weighted by molar-refractivity contribution is 7.98. The molecule has 0 heterocycles. The topological polar surface area (TPSA) is 92.4 Å². The van der Waals surface area contributed by atoms with E-state index >= 15 is 0 Å². The number of hydrogen-bond donors (Lipinski definition) is 3. The molecule has 1 atom stereocenters. The van der Waals surface area contributed by atoms with Gasteiger partial charge in [-0.25, -0.2) is 4.79 Å². The molecule has 0 fully saturated rings. The van der Waals surface area contributed by atoms with Crippen LogP contribution in [0.1, 0.15) is 31.2 Å². The van der Waals surface area contributed by atoms with Gasteiger partial charge in [-0.1, -0.05) is 36.8 Å². The molecule has 4 N–H and O–H groups in total. The number of nitrogens with two attached hydrogens (primary N) is 1. The molecule has 0 saturated carbocycles. The Labute approximate surface area is 135 Å². The molecule has 5 nitrogen and oxygen atoms in total. The zero-order valence-electron chi connectivity index (χ0n) is 12.7. The van der Waals surface area contributed by atoms with Crippen LogP contribution in [0.4, 0.5) is 0 Å². The number of carbonyl (C=O) groups excluding carboxylic acids is 1. The third kappa shape index (κ3) is 8.05. The minimum absolute atomic E-state index is 0.204. The summed E-state index contributed by atoms with van der Waals surface area (Å²) in [6, 6.07) is 9.01. The largest absolute Gasteiger partial charge is 0.480 e. The molecular weight excluding hydrogens is 300 g/mol. The third-order valence-electron chi connectivity index (χ3n) is 3.14. The number of benzene rings is 1. The van der Waals surface area contributed by atoms with Gasteiger partial charge in [0.2, 0.25) is 5.91 Å². The molecule has 122 valence electrons. The van der Waals surface area contributed by atoms with E-state index in [1.54, 1.807) is 0 Å². The fourth-order valence-electron chi connectivity index (χ4n) is 1.92. The van der Waals surface area contributed by atoms with Gasteiger partial charge in [-0.15, -0.1) is 0 Å². The van der Waals surface area contributed by atoms with Gasteiger partial charge in [0.25, 0.3) is 0 Å². The monoisotopic (exact) mass is 324 g/mol. The van der Waals surface area contributed by atoms with Crippen LogP contribution in [0.3, 0.4) is 0 Å². The number of carbonyl (C=O) groups is 2. The van der Waals surface area contributed by atoms with Crippen molar-refractivity contribution >= 4 is 23.6 Å². The summed E-state index contributed by atoms with van der Waals surface area (Å²) in [5, 5.41) is 11.8. The standard InChI is InChI=1S/C16H24N2O3S/c17-10-6-2-5-9-15(19)18-14(16(20)21)12-22-11-13-7-3-1-4-8-13/h1,3-4,7-8,14H,2,5-6,9-12,17H2,(H,18,19)(H,20,21)/t14-/m0/s1. The van der Waals surface area contributed by atoms with E-state index in [0.29, 0.717) is 18.7 Å². The lowest BCUT2D eigenvalue weighted by Gasteiger charge is -2.14. The minimum Gasteiger partial charge on any atom is -0.480 e. The molecule has 0 aliphatic rings. The number of carboxylic acid groups (broad SMARTS) is 1. The number of aliphatic carboxylic acids is 1. The van der Waals surface area contributed by atoms with Crippen LogP contribution in [0.5, 0.6) is 0 Å². The predicted octanol–water partition coefficient (Wildman–Crippen LogP) is 2.01. The van der Waals surface area contributed by atoms with Crippen LogP contribution < -0.4 is 11.1 Å². The molecule has 1 aromatic rings. The van der Waals surface area contributed by atoms with Crippen LogP contribution in [0.2, 0.25) is 0 Å². The van der Waals surface area contributed by atoms with Crippen LogP contribution in [0.15, 0.2) is 30.3 Å². The Hall–Kier alpha value is -1.53. The first-order chi connectivity index (χ1) is 10.6. The number of hydrogen-bond acceptors (Lipinski definition) is 4. The van der Waals surface area contributed by atoms with Crippen molar-refractivity contribution in [1.82, 2.24) is 5.32 Å². The van der Waals surface area contributed by atoms with Crippen LogP contribution >= 0.6 is 11.8 Å². The van der Waals surface area contributed by atoms with E-state index in [0.717, 1.165) is 30.6 Å². The fourth-order valence-corrected chi connectivity index (χ4v) is 2.92. The smallest absolute Gasteiger partial charge is 0.327 e. The van der Waals surface area contributed by atoms with Gasteiger partial charge in [-0.2, -0.15) is 11.8 Å². The first-order valence-corrected chi connectivity index (χ1v) is 8.63. The summed E-state index contributed by atoms with van der Waals surface area (Å²) in [4.78, 5) is 22.9. The molecule has 0 aliphatic heterocycles. The van der Waals surface area contributed by atoms with E-state index in [9.17, 15) is 14.7 Å². The summed E-state index contributed by atoms with van der Waals surface area (Å²) in [7, 11) is 0. The number of thioether (sulfide) groups is 1. The molecule has 0 aromatic heterocycles. The van der Waals surface area contributed by atoms with Crippen molar-refractivity contribution in [3.8, 4) is 0 Å². The maximum atomic E-state index is 11.7. The zero-order chi connectivity index (χ0) is 16.2. The number of unbranched alkanes of at least 4 members (excludes halogenated alkanes) is 2. The summed E-state index contributed by atoms with van der Waals surface area (Å²) in [6.45, 7) is 0.621. The average molecular weight is 324 g/mol. The maximum absolute atomic E-state index is 11.7. The molecular formula is C16H24N2O3S. The zero-order valence-corrected chi connectivity index (χ0v) is 13.5. The van der Waals surface area contributed by atoms with E-state index in [-0.39, 0.29) is 5.91 Å². The van der Waals surface area contributed by atoms with Gasteiger partial charge < -0.3 is 16.2 Å². The quantitative estimate of drug-likeness (QED) is 0.542. The molecule has 0 bridgehead atoms. The second kappa shape index (κ2) is 11.1. The van der Waals surface area contributed by atoms with Crippen molar-refractivity contribution in [3.05, 3.63) is 35.9 Å². The fraction of sp³-hybridized carbons (Fsp3) is 0.500. The summed E-state index contributed by atoms with van der Waals surface area (Å²) in [5.41, 5.74) is 6.53. The Bertz CT molecular complexity index is 454. The maximum Gasteiger partial charge on any atom is 0.327 e. The van der Waals surface area contributed by atoms with E-state index in [2.05, 4.69) is 5.32 Å². The SMILES string of the molecule is NCCCCCC(=O)N[C@@H](CSCc1ccccc1)C(=O)O. The molecule has 1 rings (SSSR count). The highest BCUT2D eigenvalue weighted by Crippen LogP contribution is 2.13. The molecule has 0 aliphatic carbocycles. The van der Waals surface area contributed by atoms with Crippen LogP contribution in [-0.2, 0) is 15.3 Å². The van der Waals surface area contributed by atoms with Crippen molar-refractivity contribution in [2.45, 2.75) is 37.5 Å². The second-order valence-electron chi connectivity index (χ2n) is 5.06. The Morgan fingerprint density at radius 1 is 1.18 bits per heavy atom. The Kier molecular flexibility index (Phi) is 9.34. The number of nitrogens with one attached hydrogen (secondary N) is 1. The van der Waals surface area contributed by atoms with E-state index in [1.807, 2.05) is 30.3 Å². The van der Waals surface area contributed by atoms with Crippen molar-refractivity contribution < 1.29 is 14.7 Å². The molecule has 0 spiro atoms. The number of carboxylic acids is 1. The Balaban J connectivity index is 2.29. The molecule has 22 heavy (non-hydrogen) atoms. The molecule has 0 radical (unpaired) electrons. The molecule has 0 unspecified atom stereocenters. The summed E-state index contributed by atoms with van der Waals surface area (Å²) in [6.07, 6.45) is 2.88. The van der Waals surface area contributed by atoms with E-state index in [4.69, 9.17) is 5.73 Å². The summed E-state index contributed by atoms with van der Waals surface area (Å²) < 4.78 is 0. The van der Waals surface area contributed by atoms with E-state index < -0.39 is 12.0 Å². The van der Waals surface area contributed by atoms with Gasteiger partial charge in [0.15, 0.2) is 0 Å². The molecule has 1 aromatic carbocycles. The summed E-state index contributed by atoms with van der Waals surface area (Å²) >= 11 is 1.50. The normalized spacial score (nSPS) is 11.9. The first kappa shape index (κ1) is 18.5. The number of rotatable bonds is 11. The first-order valence-electron chi connectivity index (χ1n) is 7.47. The molecule has 0 saturated heterocycles. The van der Waals surface area contributed by atoms with Crippen molar-refractivity contribution in [2.75, 3.05) is 12.3 Å². The lowest BCUT2D eigenvalue weighted by Crippen LogP contribution is -2.42. The Morgan fingerprint density at radius 3 is 2.55 bits per heavy atom. The van der Waals surface area contributed by atoms with Crippen molar-refractivity contribution in [3.63, 3.8) is 0 Å². The van der Waals surface area contributed by atoms with Gasteiger partial charge >= 0.3 is 5.97 Å². The molecule has 6 heteroatoms. The average Bonchev–Trinajstić information content (AvgIpc) is 2.51. The minimum atomic E-state index is -0.990. The lowest BCUT2D eigenvalue weighted by molar-refractivity contribution is -0.141. The van der Waals surface area contributed by atoms with Crippen molar-refractivity contribution in [2.24, 2.45) is 5.73 Å². The molecule has 1 amide bonds. The van der Waals surface area contributed by atoms with Crippen molar-refractivity contribution in [1.29, 1.82) is 0 Å². The van der Waals surface area contributed by atoms with E-state index in [1.165, 1.54) is 11.8 Å². The summed E-state index contributed by atoms with van der Waals surface area (Å²) in [5.74, 6) is -0.101. The Morgan fingerprint density at radius 2 is 1.91 bits per heavy atom.